The van der Waals surface area contributed by atoms with Crippen LogP contribution in [0, 0.1) is 23.2 Å². The van der Waals surface area contributed by atoms with E-state index in [4.69, 9.17) is 0 Å². The number of nitrogens with one attached hydrogen (secondary N) is 1. The lowest BCUT2D eigenvalue weighted by molar-refractivity contribution is -0.125. The van der Waals surface area contributed by atoms with Crippen molar-refractivity contribution in [2.24, 2.45) is 23.2 Å². The highest BCUT2D eigenvalue weighted by molar-refractivity contribution is 9.09. The Morgan fingerprint density at radius 1 is 1.11 bits per heavy atom. The summed E-state index contributed by atoms with van der Waals surface area (Å²) in [6, 6.07) is 0. The molecule has 3 aliphatic carbocycles. The van der Waals surface area contributed by atoms with Crippen LogP contribution in [0.25, 0.3) is 0 Å². The fourth-order valence-corrected chi connectivity index (χ4v) is 4.77. The molecule has 0 aromatic rings. The van der Waals surface area contributed by atoms with Crippen molar-refractivity contribution in [1.82, 2.24) is 5.32 Å². The molecular weight excluding hydrogens is 290 g/mol. The Morgan fingerprint density at radius 2 is 1.78 bits per heavy atom. The van der Waals surface area contributed by atoms with Crippen LogP contribution < -0.4 is 5.32 Å². The van der Waals surface area contributed by atoms with Crippen molar-refractivity contribution in [2.45, 2.75) is 51.4 Å². The zero-order valence-electron chi connectivity index (χ0n) is 11.1. The van der Waals surface area contributed by atoms with Gasteiger partial charge in [0.05, 0.1) is 0 Å². The fourth-order valence-electron chi connectivity index (χ4n) is 4.01. The topological polar surface area (TPSA) is 29.1 Å². The van der Waals surface area contributed by atoms with E-state index in [2.05, 4.69) is 21.2 Å². The minimum Gasteiger partial charge on any atom is -0.355 e. The predicted octanol–water partition coefficient (Wildman–Crippen LogP) is 3.49. The van der Waals surface area contributed by atoms with E-state index in [-0.39, 0.29) is 0 Å². The van der Waals surface area contributed by atoms with Crippen molar-refractivity contribution >= 4 is 21.8 Å². The van der Waals surface area contributed by atoms with Crippen LogP contribution in [-0.4, -0.2) is 17.8 Å². The van der Waals surface area contributed by atoms with E-state index < -0.39 is 0 Å². The molecule has 0 spiro atoms. The molecule has 18 heavy (non-hydrogen) atoms. The molecule has 0 bridgehead atoms. The zero-order chi connectivity index (χ0) is 12.6. The van der Waals surface area contributed by atoms with Crippen molar-refractivity contribution in [3.63, 3.8) is 0 Å². The molecule has 0 saturated heterocycles. The van der Waals surface area contributed by atoms with Gasteiger partial charge in [0, 0.05) is 17.8 Å². The lowest BCUT2D eigenvalue weighted by atomic mass is 9.75. The summed E-state index contributed by atoms with van der Waals surface area (Å²) in [5.41, 5.74) is 0.343. The maximum Gasteiger partial charge on any atom is 0.223 e. The Bertz CT molecular complexity index is 314. The van der Waals surface area contributed by atoms with Gasteiger partial charge in [0.15, 0.2) is 0 Å². The van der Waals surface area contributed by atoms with Crippen LogP contribution in [0.5, 0.6) is 0 Å². The third kappa shape index (κ3) is 2.61. The number of carbonyl (C=O) groups is 1. The summed E-state index contributed by atoms with van der Waals surface area (Å²) in [5.74, 6) is 2.49. The van der Waals surface area contributed by atoms with Gasteiger partial charge in [0.2, 0.25) is 5.91 Å². The van der Waals surface area contributed by atoms with Crippen LogP contribution >= 0.6 is 15.9 Å². The molecule has 102 valence electrons. The van der Waals surface area contributed by atoms with Gasteiger partial charge >= 0.3 is 0 Å². The molecule has 0 heterocycles. The summed E-state index contributed by atoms with van der Waals surface area (Å²) >= 11 is 3.67. The van der Waals surface area contributed by atoms with Gasteiger partial charge in [0.25, 0.3) is 0 Å². The lowest BCUT2D eigenvalue weighted by Gasteiger charge is -2.36. The normalized spacial score (nSPS) is 37.1. The predicted molar refractivity (Wildman–Crippen MR) is 76.6 cm³/mol. The molecule has 3 saturated carbocycles. The van der Waals surface area contributed by atoms with Gasteiger partial charge < -0.3 is 5.32 Å². The molecule has 0 radical (unpaired) electrons. The first kappa shape index (κ1) is 13.0. The van der Waals surface area contributed by atoms with Gasteiger partial charge in [-0.25, -0.2) is 0 Å². The Hall–Kier alpha value is -0.0500. The first-order valence-electron chi connectivity index (χ1n) is 7.56. The standard InChI is InChI=1S/C15H24BrNO/c16-9-15(4-2-1-3-5-15)10-17-14(18)13-7-11-6-12(11)8-13/h11-13H,1-10H2,(H,17,18). The van der Waals surface area contributed by atoms with E-state index >= 15 is 0 Å². The Labute approximate surface area is 118 Å². The van der Waals surface area contributed by atoms with Crippen molar-refractivity contribution < 1.29 is 4.79 Å². The van der Waals surface area contributed by atoms with Crippen molar-refractivity contribution in [3.05, 3.63) is 0 Å². The molecule has 0 aromatic heterocycles. The number of hydrogen-bond acceptors (Lipinski definition) is 1. The molecule has 3 fully saturated rings. The molecule has 2 atom stereocenters. The van der Waals surface area contributed by atoms with Gasteiger partial charge in [-0.1, -0.05) is 35.2 Å². The highest BCUT2D eigenvalue weighted by Crippen LogP contribution is 2.54. The second-order valence-corrected chi connectivity index (χ2v) is 7.40. The van der Waals surface area contributed by atoms with E-state index in [1.807, 2.05) is 0 Å². The van der Waals surface area contributed by atoms with Crippen molar-refractivity contribution in [2.75, 3.05) is 11.9 Å². The number of fused-ring (bicyclic) bond motifs is 1. The zero-order valence-corrected chi connectivity index (χ0v) is 12.7. The molecule has 2 unspecified atom stereocenters. The quantitative estimate of drug-likeness (QED) is 0.791. The monoisotopic (exact) mass is 313 g/mol. The Morgan fingerprint density at radius 3 is 2.39 bits per heavy atom. The second kappa shape index (κ2) is 5.15. The summed E-state index contributed by atoms with van der Waals surface area (Å²) < 4.78 is 0. The van der Waals surface area contributed by atoms with Crippen LogP contribution in [0.1, 0.15) is 51.4 Å². The fraction of sp³-hybridized carbons (Fsp3) is 0.933. The summed E-state index contributed by atoms with van der Waals surface area (Å²) in [4.78, 5) is 12.2. The maximum atomic E-state index is 12.2. The minimum atomic E-state index is 0.338. The number of alkyl halides is 1. The molecule has 0 aromatic carbocycles. The highest BCUT2D eigenvalue weighted by Gasteiger charge is 2.48. The number of rotatable bonds is 4. The van der Waals surface area contributed by atoms with Gasteiger partial charge in [0.1, 0.15) is 0 Å². The highest BCUT2D eigenvalue weighted by atomic mass is 79.9. The van der Waals surface area contributed by atoms with Crippen molar-refractivity contribution in [1.29, 1.82) is 0 Å². The first-order chi connectivity index (χ1) is 8.72. The summed E-state index contributed by atoms with van der Waals surface area (Å²) in [5, 5.41) is 4.30. The molecular formula is C15H24BrNO. The molecule has 1 amide bonds. The largest absolute Gasteiger partial charge is 0.355 e. The average molecular weight is 314 g/mol. The molecule has 3 rings (SSSR count). The second-order valence-electron chi connectivity index (χ2n) is 6.84. The van der Waals surface area contributed by atoms with E-state index in [0.29, 0.717) is 17.2 Å². The van der Waals surface area contributed by atoms with Gasteiger partial charge in [-0.15, -0.1) is 0 Å². The van der Waals surface area contributed by atoms with Crippen LogP contribution in [-0.2, 0) is 4.79 Å². The summed E-state index contributed by atoms with van der Waals surface area (Å²) in [6.45, 7) is 0.892. The van der Waals surface area contributed by atoms with E-state index in [9.17, 15) is 4.79 Å². The summed E-state index contributed by atoms with van der Waals surface area (Å²) in [7, 11) is 0. The molecule has 3 heteroatoms. The van der Waals surface area contributed by atoms with Crippen LogP contribution in [0.4, 0.5) is 0 Å². The molecule has 1 N–H and O–H groups in total. The van der Waals surface area contributed by atoms with E-state index in [1.54, 1.807) is 0 Å². The molecule has 3 aliphatic rings. The van der Waals surface area contributed by atoms with Gasteiger partial charge in [-0.3, -0.25) is 4.79 Å². The smallest absolute Gasteiger partial charge is 0.223 e. The maximum absolute atomic E-state index is 12.2. The Kier molecular flexibility index (Phi) is 3.70. The third-order valence-electron chi connectivity index (χ3n) is 5.45. The first-order valence-corrected chi connectivity index (χ1v) is 8.68. The van der Waals surface area contributed by atoms with Gasteiger partial charge in [-0.05, 0) is 49.4 Å². The average Bonchev–Trinajstić information content (AvgIpc) is 3.03. The van der Waals surface area contributed by atoms with Crippen LogP contribution in [0.15, 0.2) is 0 Å². The van der Waals surface area contributed by atoms with E-state index in [1.165, 1.54) is 38.5 Å². The molecule has 0 aliphatic heterocycles. The number of halogens is 1. The molecule has 2 nitrogen and oxygen atoms in total. The SMILES string of the molecule is O=C(NCC1(CBr)CCCCC1)C1CC2CC2C1. The summed E-state index contributed by atoms with van der Waals surface area (Å²) in [6.07, 6.45) is 10.3. The van der Waals surface area contributed by atoms with Gasteiger partial charge in [-0.2, -0.15) is 0 Å². The van der Waals surface area contributed by atoms with E-state index in [0.717, 1.165) is 36.6 Å². The van der Waals surface area contributed by atoms with Crippen LogP contribution in [0.2, 0.25) is 0 Å². The lowest BCUT2D eigenvalue weighted by Crippen LogP contribution is -2.42. The van der Waals surface area contributed by atoms with Crippen molar-refractivity contribution in [3.8, 4) is 0 Å². The number of hydrogen-bond donors (Lipinski definition) is 1. The van der Waals surface area contributed by atoms with Crippen LogP contribution in [0.3, 0.4) is 0 Å². The minimum absolute atomic E-state index is 0.338. The number of carbonyl (C=O) groups excluding carboxylic acids is 1. The third-order valence-corrected chi connectivity index (χ3v) is 6.64. The number of amides is 1. The Balaban J connectivity index is 1.48.